The minimum absolute atomic E-state index is 0.00439. The van der Waals surface area contributed by atoms with E-state index in [1.807, 2.05) is 19.1 Å². The van der Waals surface area contributed by atoms with E-state index < -0.39 is 0 Å². The minimum atomic E-state index is -0.00439. The molecule has 0 aliphatic carbocycles. The Morgan fingerprint density at radius 3 is 2.56 bits per heavy atom. The predicted molar refractivity (Wildman–Crippen MR) is 78.4 cm³/mol. The highest BCUT2D eigenvalue weighted by atomic mass is 35.5. The van der Waals surface area contributed by atoms with E-state index in [9.17, 15) is 0 Å². The van der Waals surface area contributed by atoms with Gasteiger partial charge >= 0.3 is 0 Å². The summed E-state index contributed by atoms with van der Waals surface area (Å²) in [4.78, 5) is 0. The van der Waals surface area contributed by atoms with Crippen LogP contribution in [0.25, 0.3) is 0 Å². The molecule has 1 rings (SSSR count). The molecule has 0 aliphatic heterocycles. The molecule has 0 aliphatic rings. The van der Waals surface area contributed by atoms with Crippen LogP contribution >= 0.6 is 11.6 Å². The highest BCUT2D eigenvalue weighted by Gasteiger charge is 2.14. The largest absolute Gasteiger partial charge is 0.493 e. The van der Waals surface area contributed by atoms with Crippen LogP contribution in [0.4, 0.5) is 0 Å². The molecule has 102 valence electrons. The zero-order valence-corrected chi connectivity index (χ0v) is 12.6. The molecule has 0 heterocycles. The lowest BCUT2D eigenvalue weighted by molar-refractivity contribution is 0.266. The number of nitrogens with two attached hydrogens (primary N) is 1. The Hall–Kier alpha value is -0.730. The first-order valence-electron chi connectivity index (χ1n) is 6.64. The van der Waals surface area contributed by atoms with Gasteiger partial charge in [0.1, 0.15) is 5.75 Å². The molecule has 1 aromatic rings. The van der Waals surface area contributed by atoms with Crippen molar-refractivity contribution in [3.63, 3.8) is 0 Å². The summed E-state index contributed by atoms with van der Waals surface area (Å²) >= 11 is 6.18. The molecule has 18 heavy (non-hydrogen) atoms. The summed E-state index contributed by atoms with van der Waals surface area (Å²) in [6.07, 6.45) is 1.99. The Bertz CT molecular complexity index is 390. The lowest BCUT2D eigenvalue weighted by Crippen LogP contribution is -2.14. The molecule has 1 unspecified atom stereocenters. The molecule has 0 bridgehead atoms. The second-order valence-corrected chi connectivity index (χ2v) is 5.65. The first-order chi connectivity index (χ1) is 8.45. The Labute approximate surface area is 115 Å². The van der Waals surface area contributed by atoms with Crippen LogP contribution in [0.3, 0.4) is 0 Å². The van der Waals surface area contributed by atoms with E-state index in [0.717, 1.165) is 34.7 Å². The first kappa shape index (κ1) is 15.3. The molecule has 2 nitrogen and oxygen atoms in total. The molecular weight excluding hydrogens is 246 g/mol. The van der Waals surface area contributed by atoms with Gasteiger partial charge in [-0.1, -0.05) is 38.8 Å². The quantitative estimate of drug-likeness (QED) is 0.826. The van der Waals surface area contributed by atoms with E-state index in [1.54, 1.807) is 0 Å². The molecule has 0 spiro atoms. The Morgan fingerprint density at radius 2 is 2.00 bits per heavy atom. The summed E-state index contributed by atoms with van der Waals surface area (Å²) in [7, 11) is 0. The van der Waals surface area contributed by atoms with E-state index in [-0.39, 0.29) is 6.04 Å². The van der Waals surface area contributed by atoms with Gasteiger partial charge in [0.15, 0.2) is 0 Å². The van der Waals surface area contributed by atoms with Gasteiger partial charge in [-0.15, -0.1) is 0 Å². The van der Waals surface area contributed by atoms with Crippen molar-refractivity contribution in [2.45, 2.75) is 46.6 Å². The smallest absolute Gasteiger partial charge is 0.124 e. The molecule has 1 atom stereocenters. The first-order valence-corrected chi connectivity index (χ1v) is 7.01. The Kier molecular flexibility index (Phi) is 5.97. The number of hydrogen-bond acceptors (Lipinski definition) is 2. The minimum Gasteiger partial charge on any atom is -0.493 e. The molecule has 2 N–H and O–H groups in total. The van der Waals surface area contributed by atoms with Crippen molar-refractivity contribution in [3.8, 4) is 5.75 Å². The number of benzene rings is 1. The molecule has 0 saturated heterocycles. The number of rotatable bonds is 6. The molecule has 0 fully saturated rings. The highest BCUT2D eigenvalue weighted by molar-refractivity contribution is 6.31. The maximum atomic E-state index is 6.19. The second kappa shape index (κ2) is 7.01. The van der Waals surface area contributed by atoms with Crippen molar-refractivity contribution < 1.29 is 4.74 Å². The average molecular weight is 270 g/mol. The lowest BCUT2D eigenvalue weighted by atomic mass is 10.0. The summed E-state index contributed by atoms with van der Waals surface area (Å²) in [5.41, 5.74) is 8.24. The van der Waals surface area contributed by atoms with Gasteiger partial charge in [-0.2, -0.15) is 0 Å². The summed E-state index contributed by atoms with van der Waals surface area (Å²) in [6, 6.07) is 3.94. The number of ether oxygens (including phenoxy) is 1. The maximum Gasteiger partial charge on any atom is 0.124 e. The maximum absolute atomic E-state index is 6.19. The number of aryl methyl sites for hydroxylation is 1. The Balaban J connectivity index is 3.00. The highest BCUT2D eigenvalue weighted by Crippen LogP contribution is 2.32. The van der Waals surface area contributed by atoms with E-state index in [0.29, 0.717) is 12.5 Å². The van der Waals surface area contributed by atoms with E-state index in [2.05, 4.69) is 20.8 Å². The van der Waals surface area contributed by atoms with Crippen molar-refractivity contribution in [3.05, 3.63) is 28.3 Å². The van der Waals surface area contributed by atoms with Crippen LogP contribution in [-0.4, -0.2) is 6.61 Å². The van der Waals surface area contributed by atoms with Crippen LogP contribution in [-0.2, 0) is 0 Å². The molecule has 1 aromatic carbocycles. The van der Waals surface area contributed by atoms with Gasteiger partial charge in [-0.3, -0.25) is 0 Å². The molecule has 0 amide bonds. The predicted octanol–water partition coefficient (Wildman–Crippen LogP) is 4.48. The van der Waals surface area contributed by atoms with Crippen LogP contribution in [0, 0.1) is 12.8 Å². The van der Waals surface area contributed by atoms with Gasteiger partial charge in [0, 0.05) is 16.6 Å². The third kappa shape index (κ3) is 4.18. The van der Waals surface area contributed by atoms with Crippen molar-refractivity contribution in [1.29, 1.82) is 0 Å². The van der Waals surface area contributed by atoms with E-state index in [1.165, 1.54) is 0 Å². The van der Waals surface area contributed by atoms with E-state index >= 15 is 0 Å². The van der Waals surface area contributed by atoms with Crippen molar-refractivity contribution >= 4 is 11.6 Å². The van der Waals surface area contributed by atoms with Crippen LogP contribution in [0.2, 0.25) is 5.02 Å². The molecular formula is C15H24ClNO. The third-order valence-electron chi connectivity index (χ3n) is 2.86. The van der Waals surface area contributed by atoms with Crippen molar-refractivity contribution in [1.82, 2.24) is 0 Å². The Morgan fingerprint density at radius 1 is 1.33 bits per heavy atom. The van der Waals surface area contributed by atoms with Gasteiger partial charge < -0.3 is 10.5 Å². The SMILES string of the molecule is CCCC(N)c1cc(Cl)c(C)cc1OCC(C)C. The van der Waals surface area contributed by atoms with Crippen LogP contribution in [0.5, 0.6) is 5.75 Å². The molecule has 0 aromatic heterocycles. The number of halogens is 1. The molecule has 0 saturated carbocycles. The average Bonchev–Trinajstić information content (AvgIpc) is 2.30. The zero-order valence-electron chi connectivity index (χ0n) is 11.8. The topological polar surface area (TPSA) is 35.2 Å². The van der Waals surface area contributed by atoms with Gasteiger partial charge in [-0.25, -0.2) is 0 Å². The van der Waals surface area contributed by atoms with Gasteiger partial charge in [-0.05, 0) is 37.0 Å². The van der Waals surface area contributed by atoms with Crippen molar-refractivity contribution in [2.75, 3.05) is 6.61 Å². The molecule has 0 radical (unpaired) electrons. The summed E-state index contributed by atoms with van der Waals surface area (Å²) in [5.74, 6) is 1.38. The summed E-state index contributed by atoms with van der Waals surface area (Å²) in [6.45, 7) is 9.08. The summed E-state index contributed by atoms with van der Waals surface area (Å²) in [5, 5.41) is 0.758. The second-order valence-electron chi connectivity index (χ2n) is 5.24. The normalized spacial score (nSPS) is 12.8. The van der Waals surface area contributed by atoms with Gasteiger partial charge in [0.2, 0.25) is 0 Å². The fraction of sp³-hybridized carbons (Fsp3) is 0.600. The molecule has 3 heteroatoms. The third-order valence-corrected chi connectivity index (χ3v) is 3.27. The van der Waals surface area contributed by atoms with Gasteiger partial charge in [0.25, 0.3) is 0 Å². The monoisotopic (exact) mass is 269 g/mol. The fourth-order valence-electron chi connectivity index (χ4n) is 1.81. The lowest BCUT2D eigenvalue weighted by Gasteiger charge is -2.19. The summed E-state index contributed by atoms with van der Waals surface area (Å²) < 4.78 is 5.86. The standard InChI is InChI=1S/C15H24ClNO/c1-5-6-14(17)12-8-13(16)11(4)7-15(12)18-9-10(2)3/h7-8,10,14H,5-6,9,17H2,1-4H3. The van der Waals surface area contributed by atoms with Crippen molar-refractivity contribution in [2.24, 2.45) is 11.7 Å². The van der Waals surface area contributed by atoms with E-state index in [4.69, 9.17) is 22.1 Å². The van der Waals surface area contributed by atoms with Crippen LogP contribution < -0.4 is 10.5 Å². The van der Waals surface area contributed by atoms with Gasteiger partial charge in [0.05, 0.1) is 6.61 Å². The zero-order chi connectivity index (χ0) is 13.7. The fourth-order valence-corrected chi connectivity index (χ4v) is 1.98. The van der Waals surface area contributed by atoms with Crippen LogP contribution in [0.15, 0.2) is 12.1 Å². The number of hydrogen-bond donors (Lipinski definition) is 1. The van der Waals surface area contributed by atoms with Crippen LogP contribution in [0.1, 0.15) is 50.8 Å².